The number of anilines is 1. The highest BCUT2D eigenvalue weighted by atomic mass is 32.2. The van der Waals surface area contributed by atoms with E-state index in [0.717, 1.165) is 24.9 Å². The highest BCUT2D eigenvalue weighted by Gasteiger charge is 2.18. The minimum atomic E-state index is -3.23. The van der Waals surface area contributed by atoms with E-state index in [0.29, 0.717) is 18.2 Å². The Morgan fingerprint density at radius 3 is 2.94 bits per heavy atom. The quantitative estimate of drug-likeness (QED) is 0.857. The third kappa shape index (κ3) is 3.99. The number of rotatable bonds is 5. The molecule has 1 fully saturated rings. The lowest BCUT2D eigenvalue weighted by Gasteiger charge is -2.12. The molecule has 0 radical (unpaired) electrons. The molecule has 0 bridgehead atoms. The van der Waals surface area contributed by atoms with Gasteiger partial charge in [-0.2, -0.15) is 0 Å². The van der Waals surface area contributed by atoms with Crippen LogP contribution in [0.15, 0.2) is 24.3 Å². The second-order valence-corrected chi connectivity index (χ2v) is 6.71. The van der Waals surface area contributed by atoms with Gasteiger partial charge in [-0.15, -0.1) is 0 Å². The Kier molecular flexibility index (Phi) is 4.24. The van der Waals surface area contributed by atoms with Crippen molar-refractivity contribution in [1.29, 1.82) is 0 Å². The summed E-state index contributed by atoms with van der Waals surface area (Å²) < 4.78 is 26.5. The number of benzene rings is 1. The molecule has 0 aliphatic carbocycles. The molecule has 1 aliphatic heterocycles. The summed E-state index contributed by atoms with van der Waals surface area (Å²) in [5, 5.41) is 3.31. The van der Waals surface area contributed by atoms with Crippen LogP contribution in [-0.4, -0.2) is 26.8 Å². The third-order valence-electron chi connectivity index (χ3n) is 3.19. The molecule has 1 saturated heterocycles. The summed E-state index contributed by atoms with van der Waals surface area (Å²) in [6, 6.07) is 7.77. The first kappa shape index (κ1) is 13.4. The van der Waals surface area contributed by atoms with E-state index in [1.54, 1.807) is 6.07 Å². The zero-order valence-corrected chi connectivity index (χ0v) is 11.5. The average molecular weight is 268 g/mol. The second-order valence-electron chi connectivity index (χ2n) is 4.87. The first-order valence-corrected chi connectivity index (χ1v) is 8.01. The molecule has 1 aromatic carbocycles. The maximum atomic E-state index is 11.9. The molecule has 0 amide bonds. The van der Waals surface area contributed by atoms with Crippen LogP contribution in [0.5, 0.6) is 0 Å². The maximum Gasteiger partial charge on any atom is 0.232 e. The van der Waals surface area contributed by atoms with Crippen LogP contribution < -0.4 is 10.0 Å². The summed E-state index contributed by atoms with van der Waals surface area (Å²) in [5.41, 5.74) is 1.70. The summed E-state index contributed by atoms with van der Waals surface area (Å²) in [7, 11) is -3.23. The number of aryl methyl sites for hydroxylation is 1. The first-order valence-electron chi connectivity index (χ1n) is 6.36. The molecule has 1 aliphatic rings. The van der Waals surface area contributed by atoms with Crippen molar-refractivity contribution in [1.82, 2.24) is 5.32 Å². The number of hydrogen-bond donors (Lipinski definition) is 2. The Bertz CT molecular complexity index is 493. The van der Waals surface area contributed by atoms with E-state index in [-0.39, 0.29) is 5.75 Å². The van der Waals surface area contributed by atoms with E-state index in [1.807, 2.05) is 25.1 Å². The van der Waals surface area contributed by atoms with Gasteiger partial charge in [0.2, 0.25) is 10.0 Å². The van der Waals surface area contributed by atoms with Crippen molar-refractivity contribution in [2.75, 3.05) is 17.0 Å². The van der Waals surface area contributed by atoms with Crippen LogP contribution >= 0.6 is 0 Å². The van der Waals surface area contributed by atoms with Crippen LogP contribution in [0.4, 0.5) is 5.69 Å². The fraction of sp³-hybridized carbons (Fsp3) is 0.538. The number of sulfonamides is 1. The van der Waals surface area contributed by atoms with Gasteiger partial charge in [0.05, 0.1) is 5.75 Å². The van der Waals surface area contributed by atoms with Crippen LogP contribution in [0.25, 0.3) is 0 Å². The second kappa shape index (κ2) is 5.71. The molecule has 1 unspecified atom stereocenters. The predicted molar refractivity (Wildman–Crippen MR) is 74.2 cm³/mol. The van der Waals surface area contributed by atoms with Crippen LogP contribution in [0.1, 0.15) is 24.8 Å². The van der Waals surface area contributed by atoms with E-state index in [1.165, 1.54) is 0 Å². The molecule has 2 N–H and O–H groups in total. The molecule has 2 rings (SSSR count). The van der Waals surface area contributed by atoms with Gasteiger partial charge in [0.25, 0.3) is 0 Å². The third-order valence-corrected chi connectivity index (χ3v) is 4.51. The molecule has 4 nitrogen and oxygen atoms in total. The van der Waals surface area contributed by atoms with E-state index < -0.39 is 10.0 Å². The predicted octanol–water partition coefficient (Wildman–Crippen LogP) is 1.88. The lowest BCUT2D eigenvalue weighted by molar-refractivity contribution is 0.565. The van der Waals surface area contributed by atoms with Crippen molar-refractivity contribution in [2.45, 2.75) is 32.2 Å². The highest BCUT2D eigenvalue weighted by molar-refractivity contribution is 7.92. The van der Waals surface area contributed by atoms with Crippen LogP contribution in [-0.2, 0) is 10.0 Å². The van der Waals surface area contributed by atoms with Crippen molar-refractivity contribution in [3.8, 4) is 0 Å². The topological polar surface area (TPSA) is 58.2 Å². The van der Waals surface area contributed by atoms with Crippen LogP contribution in [0, 0.1) is 6.92 Å². The molecule has 0 aromatic heterocycles. The van der Waals surface area contributed by atoms with Crippen LogP contribution in [0.3, 0.4) is 0 Å². The van der Waals surface area contributed by atoms with Crippen molar-refractivity contribution in [3.05, 3.63) is 29.8 Å². The smallest absolute Gasteiger partial charge is 0.232 e. The molecular weight excluding hydrogens is 248 g/mol. The minimum Gasteiger partial charge on any atom is -0.314 e. The molecule has 0 spiro atoms. The standard InChI is InChI=1S/C13H20N2O2S/c1-11-4-2-5-13(10-11)15-18(16,17)9-7-12-6-3-8-14-12/h2,4-5,10,12,14-15H,3,6-9H2,1H3. The molecule has 1 heterocycles. The van der Waals surface area contributed by atoms with Crippen molar-refractivity contribution in [3.63, 3.8) is 0 Å². The lowest BCUT2D eigenvalue weighted by atomic mass is 10.2. The van der Waals surface area contributed by atoms with Gasteiger partial charge in [0.15, 0.2) is 0 Å². The fourth-order valence-corrected chi connectivity index (χ4v) is 3.42. The van der Waals surface area contributed by atoms with E-state index in [2.05, 4.69) is 10.0 Å². The normalized spacial score (nSPS) is 19.9. The number of hydrogen-bond acceptors (Lipinski definition) is 3. The van der Waals surface area contributed by atoms with E-state index >= 15 is 0 Å². The van der Waals surface area contributed by atoms with Gasteiger partial charge < -0.3 is 5.32 Å². The Hall–Kier alpha value is -1.07. The van der Waals surface area contributed by atoms with Crippen molar-refractivity contribution < 1.29 is 8.42 Å². The monoisotopic (exact) mass is 268 g/mol. The molecular formula is C13H20N2O2S. The average Bonchev–Trinajstić information content (AvgIpc) is 2.78. The lowest BCUT2D eigenvalue weighted by Crippen LogP contribution is -2.26. The van der Waals surface area contributed by atoms with Gasteiger partial charge >= 0.3 is 0 Å². The molecule has 18 heavy (non-hydrogen) atoms. The zero-order chi connectivity index (χ0) is 13.0. The van der Waals surface area contributed by atoms with Crippen LogP contribution in [0.2, 0.25) is 0 Å². The summed E-state index contributed by atoms with van der Waals surface area (Å²) in [6.07, 6.45) is 2.91. The minimum absolute atomic E-state index is 0.179. The fourth-order valence-electron chi connectivity index (χ4n) is 2.24. The zero-order valence-electron chi connectivity index (χ0n) is 10.6. The Balaban J connectivity index is 1.90. The van der Waals surface area contributed by atoms with E-state index in [9.17, 15) is 8.42 Å². The van der Waals surface area contributed by atoms with Gasteiger partial charge in [-0.25, -0.2) is 8.42 Å². The summed E-state index contributed by atoms with van der Waals surface area (Å²) in [4.78, 5) is 0. The first-order chi connectivity index (χ1) is 8.55. The van der Waals surface area contributed by atoms with Gasteiger partial charge in [-0.1, -0.05) is 12.1 Å². The Morgan fingerprint density at radius 2 is 2.28 bits per heavy atom. The molecule has 100 valence electrons. The summed E-state index contributed by atoms with van der Waals surface area (Å²) >= 11 is 0. The molecule has 0 saturated carbocycles. The van der Waals surface area contributed by atoms with Gasteiger partial charge in [0, 0.05) is 11.7 Å². The van der Waals surface area contributed by atoms with Crippen molar-refractivity contribution >= 4 is 15.7 Å². The molecule has 1 aromatic rings. The van der Waals surface area contributed by atoms with E-state index in [4.69, 9.17) is 0 Å². The summed E-state index contributed by atoms with van der Waals surface area (Å²) in [5.74, 6) is 0.179. The summed E-state index contributed by atoms with van der Waals surface area (Å²) in [6.45, 7) is 2.95. The number of nitrogens with one attached hydrogen (secondary N) is 2. The molecule has 1 atom stereocenters. The van der Waals surface area contributed by atoms with Gasteiger partial charge in [-0.3, -0.25) is 4.72 Å². The highest BCUT2D eigenvalue weighted by Crippen LogP contribution is 2.14. The van der Waals surface area contributed by atoms with Gasteiger partial charge in [-0.05, 0) is 50.4 Å². The molecule has 5 heteroatoms. The van der Waals surface area contributed by atoms with Gasteiger partial charge in [0.1, 0.15) is 0 Å². The Morgan fingerprint density at radius 1 is 1.44 bits per heavy atom. The Labute approximate surface area is 109 Å². The SMILES string of the molecule is Cc1cccc(NS(=O)(=O)CCC2CCCN2)c1. The largest absolute Gasteiger partial charge is 0.314 e. The van der Waals surface area contributed by atoms with Crippen molar-refractivity contribution in [2.24, 2.45) is 0 Å². The maximum absolute atomic E-state index is 11.9.